The normalized spacial score (nSPS) is 21.5. The third kappa shape index (κ3) is 2.74. The molecule has 118 valence electrons. The number of benzene rings is 1. The lowest BCUT2D eigenvalue weighted by Gasteiger charge is -2.27. The third-order valence-corrected chi connectivity index (χ3v) is 4.04. The maximum absolute atomic E-state index is 12.8. The van der Waals surface area contributed by atoms with Crippen LogP contribution in [0.15, 0.2) is 24.3 Å². The first kappa shape index (κ1) is 16.2. The minimum absolute atomic E-state index is 0.118. The van der Waals surface area contributed by atoms with Gasteiger partial charge in [-0.25, -0.2) is 0 Å². The maximum atomic E-state index is 12.8. The van der Waals surface area contributed by atoms with Crippen LogP contribution < -0.4 is 0 Å². The van der Waals surface area contributed by atoms with Crippen LogP contribution in [0.5, 0.6) is 0 Å². The van der Waals surface area contributed by atoms with E-state index < -0.39 is 23.7 Å². The molecule has 1 aromatic carbocycles. The van der Waals surface area contributed by atoms with Gasteiger partial charge in [0.2, 0.25) is 11.8 Å². The van der Waals surface area contributed by atoms with E-state index in [4.69, 9.17) is 4.74 Å². The van der Waals surface area contributed by atoms with Gasteiger partial charge in [-0.3, -0.25) is 19.3 Å². The van der Waals surface area contributed by atoms with Gasteiger partial charge in [0.1, 0.15) is 0 Å². The van der Waals surface area contributed by atoms with Crippen LogP contribution in [0.25, 0.3) is 0 Å². The van der Waals surface area contributed by atoms with E-state index in [0.717, 1.165) is 10.5 Å². The fourth-order valence-corrected chi connectivity index (χ4v) is 3.02. The molecule has 2 amide bonds. The number of ether oxygens (including phenoxy) is 1. The van der Waals surface area contributed by atoms with Crippen LogP contribution in [0.3, 0.4) is 0 Å². The Hall–Kier alpha value is -2.21. The number of aliphatic carboxylic acids is 1. The second kappa shape index (κ2) is 6.27. The molecule has 0 radical (unpaired) electrons. The van der Waals surface area contributed by atoms with E-state index in [9.17, 15) is 19.5 Å². The summed E-state index contributed by atoms with van der Waals surface area (Å²) in [6, 6.07) is 7.11. The fourth-order valence-electron chi connectivity index (χ4n) is 3.02. The van der Waals surface area contributed by atoms with Crippen molar-refractivity contribution in [3.63, 3.8) is 0 Å². The van der Waals surface area contributed by atoms with Gasteiger partial charge >= 0.3 is 5.97 Å². The zero-order valence-corrected chi connectivity index (χ0v) is 12.7. The van der Waals surface area contributed by atoms with Crippen molar-refractivity contribution < 1.29 is 24.2 Å². The number of likely N-dealkylation sites (tertiary alicyclic amines) is 1. The Kier molecular flexibility index (Phi) is 4.61. The van der Waals surface area contributed by atoms with E-state index in [0.29, 0.717) is 5.56 Å². The van der Waals surface area contributed by atoms with Crippen LogP contribution in [0.1, 0.15) is 24.0 Å². The molecule has 1 unspecified atom stereocenters. The summed E-state index contributed by atoms with van der Waals surface area (Å²) in [6.45, 7) is 2.18. The van der Waals surface area contributed by atoms with Gasteiger partial charge < -0.3 is 9.84 Å². The van der Waals surface area contributed by atoms with E-state index in [1.165, 1.54) is 7.11 Å². The Morgan fingerprint density at radius 1 is 1.36 bits per heavy atom. The van der Waals surface area contributed by atoms with Gasteiger partial charge in [-0.15, -0.1) is 0 Å². The number of nitrogens with zero attached hydrogens (tertiary/aromatic N) is 1. The summed E-state index contributed by atoms with van der Waals surface area (Å²) in [5.41, 5.74) is 0.0938. The molecule has 1 aromatic rings. The first-order valence-corrected chi connectivity index (χ1v) is 7.04. The standard InChI is InChI=1S/C16H19NO5/c1-11-5-3-4-6-12(11)16(10-14(19)20)9-13(18)17(15(16)21)7-8-22-2/h3-6H,7-10H2,1-2H3,(H,19,20). The molecule has 2 rings (SSSR count). The molecule has 22 heavy (non-hydrogen) atoms. The average Bonchev–Trinajstić information content (AvgIpc) is 2.68. The minimum atomic E-state index is -1.32. The number of imide groups is 1. The average molecular weight is 305 g/mol. The number of amides is 2. The first-order chi connectivity index (χ1) is 10.4. The van der Waals surface area contributed by atoms with Gasteiger partial charge in [0.15, 0.2) is 0 Å². The second-order valence-corrected chi connectivity index (χ2v) is 5.49. The summed E-state index contributed by atoms with van der Waals surface area (Å²) in [6.07, 6.45) is -0.515. The molecule has 1 fully saturated rings. The number of carboxylic acids is 1. The summed E-state index contributed by atoms with van der Waals surface area (Å²) in [5, 5.41) is 9.25. The van der Waals surface area contributed by atoms with Crippen molar-refractivity contribution >= 4 is 17.8 Å². The number of methoxy groups -OCH3 is 1. The van der Waals surface area contributed by atoms with Crippen LogP contribution in [0.4, 0.5) is 0 Å². The Morgan fingerprint density at radius 2 is 2.05 bits per heavy atom. The summed E-state index contributed by atoms with van der Waals surface area (Å²) in [7, 11) is 1.48. The van der Waals surface area contributed by atoms with Crippen LogP contribution in [-0.4, -0.2) is 48.1 Å². The molecule has 6 nitrogen and oxygen atoms in total. The lowest BCUT2D eigenvalue weighted by Crippen LogP contribution is -2.41. The van der Waals surface area contributed by atoms with Gasteiger partial charge in [0.25, 0.3) is 0 Å². The molecule has 0 aromatic heterocycles. The zero-order valence-electron chi connectivity index (χ0n) is 12.7. The summed E-state index contributed by atoms with van der Waals surface area (Å²) < 4.78 is 4.92. The molecule has 0 bridgehead atoms. The Labute approximate surface area is 128 Å². The molecule has 1 aliphatic heterocycles. The van der Waals surface area contributed by atoms with Crippen molar-refractivity contribution in [2.75, 3.05) is 20.3 Å². The van der Waals surface area contributed by atoms with Crippen LogP contribution in [-0.2, 0) is 24.5 Å². The number of carbonyl (C=O) groups is 3. The van der Waals surface area contributed by atoms with E-state index in [1.54, 1.807) is 12.1 Å². The van der Waals surface area contributed by atoms with Crippen molar-refractivity contribution in [1.82, 2.24) is 4.90 Å². The molecule has 1 heterocycles. The molecule has 0 spiro atoms. The molecule has 1 aliphatic rings. The first-order valence-electron chi connectivity index (χ1n) is 7.04. The van der Waals surface area contributed by atoms with Crippen molar-refractivity contribution in [2.24, 2.45) is 0 Å². The zero-order chi connectivity index (χ0) is 16.3. The smallest absolute Gasteiger partial charge is 0.304 e. The van der Waals surface area contributed by atoms with Crippen molar-refractivity contribution in [1.29, 1.82) is 0 Å². The number of aryl methyl sites for hydroxylation is 1. The molecule has 0 aliphatic carbocycles. The monoisotopic (exact) mass is 305 g/mol. The van der Waals surface area contributed by atoms with Gasteiger partial charge in [-0.2, -0.15) is 0 Å². The number of hydrogen-bond donors (Lipinski definition) is 1. The SMILES string of the molecule is COCCN1C(=O)CC(CC(=O)O)(c2ccccc2C)C1=O. The van der Waals surface area contributed by atoms with E-state index in [2.05, 4.69) is 0 Å². The predicted octanol–water partition coefficient (Wildman–Crippen LogP) is 1.11. The number of carboxylic acid groups (broad SMARTS) is 1. The van der Waals surface area contributed by atoms with Crippen molar-refractivity contribution in [3.05, 3.63) is 35.4 Å². The molecule has 1 N–H and O–H groups in total. The largest absolute Gasteiger partial charge is 0.481 e. The Morgan fingerprint density at radius 3 is 2.64 bits per heavy atom. The van der Waals surface area contributed by atoms with Gasteiger partial charge in [0.05, 0.1) is 25.0 Å². The summed E-state index contributed by atoms with van der Waals surface area (Å²) in [4.78, 5) is 37.5. The Balaban J connectivity index is 2.48. The lowest BCUT2D eigenvalue weighted by molar-refractivity contribution is -0.145. The molecular formula is C16H19NO5. The van der Waals surface area contributed by atoms with Gasteiger partial charge in [-0.05, 0) is 18.1 Å². The second-order valence-electron chi connectivity index (χ2n) is 5.49. The number of carbonyl (C=O) groups excluding carboxylic acids is 2. The minimum Gasteiger partial charge on any atom is -0.481 e. The topological polar surface area (TPSA) is 83.9 Å². The highest BCUT2D eigenvalue weighted by Crippen LogP contribution is 2.41. The van der Waals surface area contributed by atoms with Gasteiger partial charge in [-0.1, -0.05) is 24.3 Å². The third-order valence-electron chi connectivity index (χ3n) is 4.04. The van der Waals surface area contributed by atoms with Crippen LogP contribution in [0, 0.1) is 6.92 Å². The van der Waals surface area contributed by atoms with Crippen molar-refractivity contribution in [3.8, 4) is 0 Å². The Bertz CT molecular complexity index is 612. The highest BCUT2D eigenvalue weighted by Gasteiger charge is 2.54. The van der Waals surface area contributed by atoms with Gasteiger partial charge in [0, 0.05) is 13.5 Å². The highest BCUT2D eigenvalue weighted by molar-refractivity contribution is 6.10. The number of hydrogen-bond acceptors (Lipinski definition) is 4. The predicted molar refractivity (Wildman–Crippen MR) is 78.3 cm³/mol. The summed E-state index contributed by atoms with van der Waals surface area (Å²) >= 11 is 0. The number of rotatable bonds is 6. The maximum Gasteiger partial charge on any atom is 0.304 e. The molecule has 0 saturated carbocycles. The highest BCUT2D eigenvalue weighted by atomic mass is 16.5. The van der Waals surface area contributed by atoms with E-state index in [1.807, 2.05) is 19.1 Å². The van der Waals surface area contributed by atoms with E-state index in [-0.39, 0.29) is 25.5 Å². The molecular weight excluding hydrogens is 286 g/mol. The fraction of sp³-hybridized carbons (Fsp3) is 0.438. The van der Waals surface area contributed by atoms with Crippen molar-refractivity contribution in [2.45, 2.75) is 25.2 Å². The lowest BCUT2D eigenvalue weighted by atomic mass is 9.74. The van der Waals surface area contributed by atoms with E-state index >= 15 is 0 Å². The molecule has 1 saturated heterocycles. The van der Waals surface area contributed by atoms with Crippen LogP contribution in [0.2, 0.25) is 0 Å². The molecule has 1 atom stereocenters. The quantitative estimate of drug-likeness (QED) is 0.796. The van der Waals surface area contributed by atoms with Crippen LogP contribution >= 0.6 is 0 Å². The summed E-state index contributed by atoms with van der Waals surface area (Å²) in [5.74, 6) is -1.91. The molecule has 6 heteroatoms.